The highest BCUT2D eigenvalue weighted by molar-refractivity contribution is 5.96. The maximum atomic E-state index is 11.2. The Morgan fingerprint density at radius 3 is 2.79 bits per heavy atom. The molecule has 0 amide bonds. The number of ketones is 1. The molecule has 2 rings (SSSR count). The molecule has 2 nitrogen and oxygen atoms in total. The van der Waals surface area contributed by atoms with Crippen LogP contribution in [0, 0.1) is 5.92 Å². The van der Waals surface area contributed by atoms with E-state index in [1.54, 1.807) is 6.07 Å². The van der Waals surface area contributed by atoms with Gasteiger partial charge in [-0.1, -0.05) is 6.07 Å². The van der Waals surface area contributed by atoms with Crippen LogP contribution in [0.15, 0.2) is 18.2 Å². The molecule has 0 unspecified atom stereocenters. The Morgan fingerprint density at radius 1 is 1.50 bits per heavy atom. The van der Waals surface area contributed by atoms with Crippen molar-refractivity contribution in [3.05, 3.63) is 29.3 Å². The van der Waals surface area contributed by atoms with Gasteiger partial charge in [-0.05, 0) is 49.8 Å². The Balaban J connectivity index is 2.24. The molecule has 2 heteroatoms. The summed E-state index contributed by atoms with van der Waals surface area (Å²) < 4.78 is 0. The monoisotopic (exact) mass is 190 g/mol. The van der Waals surface area contributed by atoms with Crippen LogP contribution in [0.1, 0.15) is 35.7 Å². The third-order valence-corrected chi connectivity index (χ3v) is 2.66. The van der Waals surface area contributed by atoms with Gasteiger partial charge in [0.1, 0.15) is 5.75 Å². The van der Waals surface area contributed by atoms with Crippen molar-refractivity contribution in [3.63, 3.8) is 0 Å². The predicted molar refractivity (Wildman–Crippen MR) is 54.5 cm³/mol. The van der Waals surface area contributed by atoms with E-state index in [-0.39, 0.29) is 11.5 Å². The van der Waals surface area contributed by atoms with Crippen molar-refractivity contribution in [2.45, 2.75) is 26.2 Å². The zero-order chi connectivity index (χ0) is 10.1. The molecule has 0 radical (unpaired) electrons. The largest absolute Gasteiger partial charge is 0.507 e. The average Bonchev–Trinajstić information content (AvgIpc) is 2.92. The van der Waals surface area contributed by atoms with Crippen molar-refractivity contribution in [1.29, 1.82) is 0 Å². The molecule has 0 saturated heterocycles. The lowest BCUT2D eigenvalue weighted by atomic mass is 10.0. The van der Waals surface area contributed by atoms with Crippen molar-refractivity contribution in [2.75, 3.05) is 0 Å². The van der Waals surface area contributed by atoms with Crippen LogP contribution in [0.4, 0.5) is 0 Å². The second-order valence-corrected chi connectivity index (χ2v) is 4.06. The van der Waals surface area contributed by atoms with Gasteiger partial charge in [0.25, 0.3) is 0 Å². The number of rotatable bonds is 3. The predicted octanol–water partition coefficient (Wildman–Crippen LogP) is 2.55. The smallest absolute Gasteiger partial charge is 0.163 e. The standard InChI is InChI=1S/C12H14O2/c1-8(13)11-7-10(4-5-12(11)14)6-9-2-3-9/h4-5,7,9,14H,2-3,6H2,1H3. The number of Topliss-reactive ketones (excluding diaryl/α,β-unsaturated/α-hetero) is 1. The Bertz CT molecular complexity index is 365. The zero-order valence-corrected chi connectivity index (χ0v) is 8.29. The summed E-state index contributed by atoms with van der Waals surface area (Å²) in [4.78, 5) is 11.2. The normalized spacial score (nSPS) is 15.5. The number of hydrogen-bond donors (Lipinski definition) is 1. The minimum absolute atomic E-state index is 0.0693. The third kappa shape index (κ3) is 1.95. The molecule has 0 atom stereocenters. The highest BCUT2D eigenvalue weighted by Crippen LogP contribution is 2.33. The van der Waals surface area contributed by atoms with E-state index in [1.807, 2.05) is 12.1 Å². The molecule has 1 N–H and O–H groups in total. The molecule has 0 bridgehead atoms. The zero-order valence-electron chi connectivity index (χ0n) is 8.29. The second-order valence-electron chi connectivity index (χ2n) is 4.06. The van der Waals surface area contributed by atoms with Crippen LogP contribution in [0.25, 0.3) is 0 Å². The average molecular weight is 190 g/mol. The van der Waals surface area contributed by atoms with Gasteiger partial charge in [0.05, 0.1) is 5.56 Å². The molecule has 74 valence electrons. The van der Waals surface area contributed by atoms with Crippen LogP contribution in [-0.4, -0.2) is 10.9 Å². The van der Waals surface area contributed by atoms with Gasteiger partial charge in [0.2, 0.25) is 0 Å². The van der Waals surface area contributed by atoms with Gasteiger partial charge in [-0.25, -0.2) is 0 Å². The molecule has 0 spiro atoms. The minimum Gasteiger partial charge on any atom is -0.507 e. The van der Waals surface area contributed by atoms with Gasteiger partial charge in [-0.2, -0.15) is 0 Å². The lowest BCUT2D eigenvalue weighted by Crippen LogP contribution is -1.95. The number of hydrogen-bond acceptors (Lipinski definition) is 2. The first-order chi connectivity index (χ1) is 6.66. The van der Waals surface area contributed by atoms with E-state index in [1.165, 1.54) is 19.8 Å². The maximum Gasteiger partial charge on any atom is 0.163 e. The molecule has 0 aliphatic heterocycles. The molecule has 14 heavy (non-hydrogen) atoms. The lowest BCUT2D eigenvalue weighted by Gasteiger charge is -2.04. The van der Waals surface area contributed by atoms with E-state index in [0.29, 0.717) is 5.56 Å². The molecule has 1 aromatic rings. The van der Waals surface area contributed by atoms with Crippen molar-refractivity contribution < 1.29 is 9.90 Å². The Labute approximate surface area is 83.6 Å². The first kappa shape index (κ1) is 9.25. The fourth-order valence-corrected chi connectivity index (χ4v) is 1.65. The summed E-state index contributed by atoms with van der Waals surface area (Å²) in [7, 11) is 0. The van der Waals surface area contributed by atoms with E-state index in [4.69, 9.17) is 0 Å². The van der Waals surface area contributed by atoms with E-state index < -0.39 is 0 Å². The van der Waals surface area contributed by atoms with E-state index in [2.05, 4.69) is 0 Å². The Morgan fingerprint density at radius 2 is 2.21 bits per heavy atom. The van der Waals surface area contributed by atoms with Crippen LogP contribution in [0.3, 0.4) is 0 Å². The highest BCUT2D eigenvalue weighted by Gasteiger charge is 2.21. The van der Waals surface area contributed by atoms with Gasteiger partial charge in [-0.3, -0.25) is 4.79 Å². The topological polar surface area (TPSA) is 37.3 Å². The highest BCUT2D eigenvalue weighted by atomic mass is 16.3. The van der Waals surface area contributed by atoms with E-state index in [9.17, 15) is 9.90 Å². The maximum absolute atomic E-state index is 11.2. The number of carbonyl (C=O) groups is 1. The molecule has 1 aliphatic carbocycles. The molecule has 1 aromatic carbocycles. The fraction of sp³-hybridized carbons (Fsp3) is 0.417. The summed E-state index contributed by atoms with van der Waals surface area (Å²) in [5.41, 5.74) is 1.61. The van der Waals surface area contributed by atoms with Gasteiger partial charge in [0.15, 0.2) is 5.78 Å². The number of carbonyl (C=O) groups excluding carboxylic acids is 1. The van der Waals surface area contributed by atoms with E-state index in [0.717, 1.165) is 17.9 Å². The summed E-state index contributed by atoms with van der Waals surface area (Å²) in [6.45, 7) is 1.48. The molecular weight excluding hydrogens is 176 g/mol. The molecular formula is C12H14O2. The van der Waals surface area contributed by atoms with Gasteiger partial charge >= 0.3 is 0 Å². The fourth-order valence-electron chi connectivity index (χ4n) is 1.65. The van der Waals surface area contributed by atoms with Gasteiger partial charge in [-0.15, -0.1) is 0 Å². The summed E-state index contributed by atoms with van der Waals surface area (Å²) in [6, 6.07) is 5.34. The van der Waals surface area contributed by atoms with Crippen LogP contribution < -0.4 is 0 Å². The molecule has 1 aliphatic rings. The molecule has 0 heterocycles. The van der Waals surface area contributed by atoms with Crippen molar-refractivity contribution >= 4 is 5.78 Å². The number of benzene rings is 1. The van der Waals surface area contributed by atoms with Crippen LogP contribution in [-0.2, 0) is 6.42 Å². The molecule has 1 fully saturated rings. The first-order valence-corrected chi connectivity index (χ1v) is 4.99. The summed E-state index contributed by atoms with van der Waals surface area (Å²) in [5.74, 6) is 0.830. The van der Waals surface area contributed by atoms with Gasteiger partial charge in [0, 0.05) is 0 Å². The van der Waals surface area contributed by atoms with Crippen molar-refractivity contribution in [3.8, 4) is 5.75 Å². The van der Waals surface area contributed by atoms with Crippen molar-refractivity contribution in [1.82, 2.24) is 0 Å². The second kappa shape index (κ2) is 3.45. The van der Waals surface area contributed by atoms with Gasteiger partial charge < -0.3 is 5.11 Å². The van der Waals surface area contributed by atoms with E-state index >= 15 is 0 Å². The summed E-state index contributed by atoms with van der Waals surface area (Å²) in [6.07, 6.45) is 3.65. The number of phenols is 1. The van der Waals surface area contributed by atoms with Crippen LogP contribution in [0.2, 0.25) is 0 Å². The number of aromatic hydroxyl groups is 1. The number of phenolic OH excluding ortho intramolecular Hbond substituents is 1. The molecule has 1 saturated carbocycles. The Kier molecular flexibility index (Phi) is 2.28. The lowest BCUT2D eigenvalue weighted by molar-refractivity contribution is 0.101. The van der Waals surface area contributed by atoms with Crippen molar-refractivity contribution in [2.24, 2.45) is 5.92 Å². The van der Waals surface area contributed by atoms with Crippen LogP contribution >= 0.6 is 0 Å². The SMILES string of the molecule is CC(=O)c1cc(CC2CC2)ccc1O. The Hall–Kier alpha value is -1.31. The summed E-state index contributed by atoms with van der Waals surface area (Å²) in [5, 5.41) is 9.43. The first-order valence-electron chi connectivity index (χ1n) is 4.99. The van der Waals surface area contributed by atoms with Crippen LogP contribution in [0.5, 0.6) is 5.75 Å². The quantitative estimate of drug-likeness (QED) is 0.744. The molecule has 0 aromatic heterocycles. The summed E-state index contributed by atoms with van der Waals surface area (Å²) >= 11 is 0. The third-order valence-electron chi connectivity index (χ3n) is 2.66. The minimum atomic E-state index is -0.0693.